The van der Waals surface area contributed by atoms with Crippen LogP contribution in [0.5, 0.6) is 0 Å². The standard InChI is InChI=1S/CH3NO2S2.Mo.S/c3-1(4)2(5)6;;/h5-6H,(H,3,4);;/q;+1;/p-1. The molecule has 0 atom stereocenters. The number of amides is 1. The Kier molecular flexibility index (Phi) is 5.25. The topological polar surface area (TPSA) is 29.5 Å². The van der Waals surface area contributed by atoms with E-state index in [2.05, 4.69) is 38.8 Å². The third kappa shape index (κ3) is 3.83. The van der Waals surface area contributed by atoms with Gasteiger partial charge in [0.05, 0.1) is 0 Å². The van der Waals surface area contributed by atoms with Gasteiger partial charge in [0.25, 0.3) is 0 Å². The van der Waals surface area contributed by atoms with Gasteiger partial charge >= 0.3 is 70.6 Å². The first-order chi connectivity index (χ1) is 3.68. The Hall–Kier alpha value is 0.878. The molecule has 0 aromatic heterocycles. The van der Waals surface area contributed by atoms with E-state index in [1.54, 1.807) is 0 Å². The van der Waals surface area contributed by atoms with E-state index in [9.17, 15) is 4.79 Å². The first-order valence-corrected chi connectivity index (χ1v) is 5.78. The van der Waals surface area contributed by atoms with Crippen molar-refractivity contribution in [1.29, 1.82) is 0 Å². The van der Waals surface area contributed by atoms with Gasteiger partial charge in [-0.25, -0.2) is 0 Å². The second kappa shape index (κ2) is 4.73. The first-order valence-electron chi connectivity index (χ1n) is 1.37. The molecule has 0 N–H and O–H groups in total. The summed E-state index contributed by atoms with van der Waals surface area (Å²) in [5, 5.41) is 0. The fourth-order valence-corrected chi connectivity index (χ4v) is 1.11. The molecular weight excluding hydrogens is 250 g/mol. The van der Waals surface area contributed by atoms with Crippen molar-refractivity contribution in [2.75, 3.05) is 0 Å². The number of thiol groups is 2. The van der Waals surface area contributed by atoms with Crippen molar-refractivity contribution >= 4 is 41.5 Å². The zero-order valence-electron chi connectivity index (χ0n) is 3.47. The maximum atomic E-state index is 10.3. The van der Waals surface area contributed by atoms with Crippen LogP contribution < -0.4 is 0 Å². The predicted molar refractivity (Wildman–Crippen MR) is 33.9 cm³/mol. The molecule has 0 aromatic carbocycles. The molecule has 3 nitrogen and oxygen atoms in total. The summed E-state index contributed by atoms with van der Waals surface area (Å²) in [6.45, 7) is 0. The quantitative estimate of drug-likeness (QED) is 0.543. The van der Waals surface area contributed by atoms with E-state index >= 15 is 0 Å². The molecule has 7 heteroatoms. The molecule has 0 aromatic rings. The van der Waals surface area contributed by atoms with Crippen LogP contribution in [-0.2, 0) is 20.5 Å². The normalized spacial score (nSPS) is 7.75. The van der Waals surface area contributed by atoms with Gasteiger partial charge in [0, 0.05) is 0 Å². The Balaban J connectivity index is 3.48. The van der Waals surface area contributed by atoms with Crippen molar-refractivity contribution in [3.05, 3.63) is 0 Å². The molecule has 0 saturated carbocycles. The van der Waals surface area contributed by atoms with Gasteiger partial charge in [0.2, 0.25) is 0 Å². The minimum atomic E-state index is -1.02. The summed E-state index contributed by atoms with van der Waals surface area (Å²) < 4.78 is 5.13. The van der Waals surface area contributed by atoms with Crippen LogP contribution in [0.4, 0.5) is 4.79 Å². The Labute approximate surface area is 70.3 Å². The molecular formula is CH2MoNO2S3. The van der Waals surface area contributed by atoms with Crippen LogP contribution >= 0.6 is 35.5 Å². The van der Waals surface area contributed by atoms with Gasteiger partial charge in [-0.15, -0.1) is 0 Å². The summed E-state index contributed by atoms with van der Waals surface area (Å²) in [4.78, 5) is 10.3. The van der Waals surface area contributed by atoms with Gasteiger partial charge in [-0.1, -0.05) is 0 Å². The van der Waals surface area contributed by atoms with E-state index in [4.69, 9.17) is 0 Å². The fraction of sp³-hybridized carbons (Fsp3) is 0. The third-order valence-corrected chi connectivity index (χ3v) is 1.52. The van der Waals surface area contributed by atoms with Crippen molar-refractivity contribution in [2.45, 2.75) is 0 Å². The molecule has 0 bridgehead atoms. The monoisotopic (exact) mass is 254 g/mol. The van der Waals surface area contributed by atoms with E-state index in [1.165, 1.54) is 0 Å². The Morgan fingerprint density at radius 3 is 2.38 bits per heavy atom. The van der Waals surface area contributed by atoms with Gasteiger partial charge in [0.15, 0.2) is 0 Å². The zero-order chi connectivity index (χ0) is 6.57. The summed E-state index contributed by atoms with van der Waals surface area (Å²) in [5.41, 5.74) is 0. The van der Waals surface area contributed by atoms with Gasteiger partial charge in [-0.3, -0.25) is 0 Å². The molecule has 0 radical (unpaired) electrons. The second-order valence-electron chi connectivity index (χ2n) is 0.707. The van der Waals surface area contributed by atoms with E-state index in [0.29, 0.717) is 0 Å². The van der Waals surface area contributed by atoms with Crippen LogP contribution in [0.25, 0.3) is 0 Å². The summed E-state index contributed by atoms with van der Waals surface area (Å²) >= 11 is 6.03. The molecule has 0 fully saturated rings. The number of carbonyl (C=O) groups is 1. The van der Waals surface area contributed by atoms with E-state index in [0.717, 1.165) is 3.71 Å². The molecule has 0 rings (SSSR count). The van der Waals surface area contributed by atoms with Crippen LogP contribution in [0.1, 0.15) is 0 Å². The first kappa shape index (κ1) is 8.88. The summed E-state index contributed by atoms with van der Waals surface area (Å²) in [5.74, 6) is 0. The van der Waals surface area contributed by atoms with Gasteiger partial charge in [-0.2, -0.15) is 0 Å². The van der Waals surface area contributed by atoms with Crippen molar-refractivity contribution in [1.82, 2.24) is 3.71 Å². The molecule has 8 heavy (non-hydrogen) atoms. The number of nitrogens with zero attached hydrogens (tertiary/aromatic N) is 1. The number of hydrogen-bond acceptors (Lipinski definition) is 5. The third-order valence-electron chi connectivity index (χ3n) is 0.269. The Bertz CT molecular complexity index is 105. The average molecular weight is 252 g/mol. The van der Waals surface area contributed by atoms with Crippen LogP contribution in [0.15, 0.2) is 0 Å². The summed E-state index contributed by atoms with van der Waals surface area (Å²) in [6, 6.07) is 0. The predicted octanol–water partition coefficient (Wildman–Crippen LogP) is 1.22. The van der Waals surface area contributed by atoms with Gasteiger partial charge in [-0.05, 0) is 0 Å². The fourth-order valence-electron chi connectivity index (χ4n) is 0.0624. The second-order valence-corrected chi connectivity index (χ2v) is 3.37. The molecule has 0 saturated heterocycles. The molecule has 0 aliphatic rings. The number of carbonyl (C=O) groups excluding carboxylic acids is 1. The molecule has 1 amide bonds. The summed E-state index contributed by atoms with van der Waals surface area (Å²) in [6.07, 6.45) is -0.603. The molecule has 0 spiro atoms. The SMILES string of the molecule is O=C([O][Mo]=[S])N(S)S. The maximum absolute atomic E-state index is 10.3. The molecule has 0 aliphatic carbocycles. The summed E-state index contributed by atoms with van der Waals surface area (Å²) in [7, 11) is 4.44. The van der Waals surface area contributed by atoms with Crippen molar-refractivity contribution in [2.24, 2.45) is 0 Å². The minimum absolute atomic E-state index is 0.603. The van der Waals surface area contributed by atoms with Crippen LogP contribution in [-0.4, -0.2) is 9.80 Å². The number of hydrogen-bond donors (Lipinski definition) is 2. The number of rotatable bonds is 1. The molecule has 0 aliphatic heterocycles. The Morgan fingerprint density at radius 1 is 1.75 bits per heavy atom. The van der Waals surface area contributed by atoms with Crippen molar-refractivity contribution < 1.29 is 25.3 Å². The Morgan fingerprint density at radius 2 is 2.25 bits per heavy atom. The van der Waals surface area contributed by atoms with E-state index < -0.39 is 23.2 Å². The van der Waals surface area contributed by atoms with Crippen LogP contribution in [0.2, 0.25) is 0 Å². The van der Waals surface area contributed by atoms with Crippen LogP contribution in [0, 0.1) is 0 Å². The van der Waals surface area contributed by atoms with Gasteiger partial charge < -0.3 is 0 Å². The average Bonchev–Trinajstić information content (AvgIpc) is 1.67. The van der Waals surface area contributed by atoms with E-state index in [-0.39, 0.29) is 0 Å². The van der Waals surface area contributed by atoms with Crippen molar-refractivity contribution in [3.8, 4) is 0 Å². The van der Waals surface area contributed by atoms with Gasteiger partial charge in [0.1, 0.15) is 0 Å². The zero-order valence-corrected chi connectivity index (χ0v) is 8.09. The molecule has 47 valence electrons. The molecule has 0 unspecified atom stereocenters. The van der Waals surface area contributed by atoms with E-state index in [1.807, 2.05) is 0 Å². The van der Waals surface area contributed by atoms with Crippen molar-refractivity contribution in [3.63, 3.8) is 0 Å². The van der Waals surface area contributed by atoms with Crippen LogP contribution in [0.3, 0.4) is 0 Å². The molecule has 0 heterocycles.